The molecule has 0 aliphatic rings. The first-order valence-electron chi connectivity index (χ1n) is 5.60. The molecule has 0 amide bonds. The van der Waals surface area contributed by atoms with Gasteiger partial charge in [0, 0.05) is 6.54 Å². The average Bonchev–Trinajstić information content (AvgIpc) is 2.72. The molecular weight excluding hydrogens is 299 g/mol. The van der Waals surface area contributed by atoms with Crippen LogP contribution in [0.1, 0.15) is 24.2 Å². The zero-order valence-electron chi connectivity index (χ0n) is 9.90. The summed E-state index contributed by atoms with van der Waals surface area (Å²) in [5.41, 5.74) is 4.34. The Morgan fingerprint density at radius 1 is 1.56 bits per heavy atom. The molecule has 1 aromatic carbocycles. The molecule has 1 aromatic heterocycles. The summed E-state index contributed by atoms with van der Waals surface area (Å²) < 4.78 is 15.9. The number of hydrogen-bond acceptors (Lipinski definition) is 3. The van der Waals surface area contributed by atoms with E-state index in [0.29, 0.717) is 6.54 Å². The van der Waals surface area contributed by atoms with Crippen LogP contribution in [0.3, 0.4) is 0 Å². The summed E-state index contributed by atoms with van der Waals surface area (Å²) in [5.74, 6) is 5.32. The Morgan fingerprint density at radius 2 is 2.33 bits per heavy atom. The van der Waals surface area contributed by atoms with Crippen LogP contribution in [0.15, 0.2) is 34.9 Å². The third-order valence-corrected chi connectivity index (χ3v) is 3.37. The van der Waals surface area contributed by atoms with Gasteiger partial charge in [-0.15, -0.1) is 0 Å². The summed E-state index contributed by atoms with van der Waals surface area (Å²) >= 11 is 3.44. The van der Waals surface area contributed by atoms with Gasteiger partial charge < -0.3 is 0 Å². The van der Waals surface area contributed by atoms with Crippen molar-refractivity contribution < 1.29 is 4.39 Å². The van der Waals surface area contributed by atoms with Crippen LogP contribution in [0.25, 0.3) is 0 Å². The van der Waals surface area contributed by atoms with Crippen molar-refractivity contribution in [3.63, 3.8) is 0 Å². The lowest BCUT2D eigenvalue weighted by atomic mass is 10.0. The van der Waals surface area contributed by atoms with Crippen molar-refractivity contribution in [1.29, 1.82) is 0 Å². The maximum Gasteiger partial charge on any atom is 0.123 e. The number of hydrazine groups is 1. The molecule has 0 fully saturated rings. The second-order valence-corrected chi connectivity index (χ2v) is 4.70. The summed E-state index contributed by atoms with van der Waals surface area (Å²) in [6.07, 6.45) is 1.71. The molecule has 2 aromatic rings. The first-order valence-corrected chi connectivity index (χ1v) is 6.39. The lowest BCUT2D eigenvalue weighted by molar-refractivity contribution is 0.538. The average molecular weight is 313 g/mol. The molecular formula is C12H14BrFN4. The highest BCUT2D eigenvalue weighted by Crippen LogP contribution is 2.28. The van der Waals surface area contributed by atoms with Gasteiger partial charge in [-0.1, -0.05) is 12.1 Å². The minimum Gasteiger partial charge on any atom is -0.271 e. The first kappa shape index (κ1) is 13.2. The van der Waals surface area contributed by atoms with Gasteiger partial charge in [0.25, 0.3) is 0 Å². The van der Waals surface area contributed by atoms with Crippen LogP contribution in [-0.2, 0) is 6.54 Å². The van der Waals surface area contributed by atoms with Crippen molar-refractivity contribution in [2.24, 2.45) is 5.84 Å². The minimum absolute atomic E-state index is 0.286. The molecule has 4 nitrogen and oxygen atoms in total. The molecule has 1 heterocycles. The van der Waals surface area contributed by atoms with Gasteiger partial charge in [0.1, 0.15) is 5.82 Å². The number of rotatable bonds is 4. The molecule has 0 aliphatic heterocycles. The number of nitrogens with two attached hydrogens (primary N) is 1. The molecule has 0 spiro atoms. The van der Waals surface area contributed by atoms with E-state index >= 15 is 0 Å². The minimum atomic E-state index is -0.308. The van der Waals surface area contributed by atoms with Crippen molar-refractivity contribution >= 4 is 15.9 Å². The molecule has 0 saturated carbocycles. The fourth-order valence-electron chi connectivity index (χ4n) is 1.93. The van der Waals surface area contributed by atoms with E-state index in [2.05, 4.69) is 26.5 Å². The predicted molar refractivity (Wildman–Crippen MR) is 71.2 cm³/mol. The van der Waals surface area contributed by atoms with Gasteiger partial charge in [0.2, 0.25) is 0 Å². The van der Waals surface area contributed by atoms with Crippen LogP contribution in [0, 0.1) is 5.82 Å². The molecule has 0 aliphatic carbocycles. The zero-order valence-corrected chi connectivity index (χ0v) is 11.5. The number of aromatic nitrogens is 2. The smallest absolute Gasteiger partial charge is 0.123 e. The van der Waals surface area contributed by atoms with Crippen LogP contribution >= 0.6 is 15.9 Å². The second-order valence-electron chi connectivity index (χ2n) is 3.85. The molecule has 1 atom stereocenters. The lowest BCUT2D eigenvalue weighted by Crippen LogP contribution is -2.31. The molecule has 0 radical (unpaired) electrons. The molecule has 96 valence electrons. The fraction of sp³-hybridized carbons (Fsp3) is 0.250. The number of nitrogens with zero attached hydrogens (tertiary/aromatic N) is 2. The molecule has 6 heteroatoms. The summed E-state index contributed by atoms with van der Waals surface area (Å²) in [6.45, 7) is 2.70. The lowest BCUT2D eigenvalue weighted by Gasteiger charge is -2.18. The number of hydrogen-bond donors (Lipinski definition) is 2. The van der Waals surface area contributed by atoms with Crippen LogP contribution in [-0.4, -0.2) is 9.78 Å². The van der Waals surface area contributed by atoms with Gasteiger partial charge in [0.05, 0.1) is 22.4 Å². The van der Waals surface area contributed by atoms with Crippen molar-refractivity contribution in [1.82, 2.24) is 15.2 Å². The van der Waals surface area contributed by atoms with Crippen molar-refractivity contribution in [3.05, 3.63) is 52.0 Å². The predicted octanol–water partition coefficient (Wildman–Crippen LogP) is 2.36. The molecule has 0 saturated heterocycles. The summed E-state index contributed by atoms with van der Waals surface area (Å²) in [5, 5.41) is 4.23. The maximum atomic E-state index is 13.3. The number of benzene rings is 1. The van der Waals surface area contributed by atoms with E-state index in [1.165, 1.54) is 12.1 Å². The van der Waals surface area contributed by atoms with Gasteiger partial charge in [-0.2, -0.15) is 5.10 Å². The third kappa shape index (κ3) is 2.45. The number of halogens is 2. The van der Waals surface area contributed by atoms with E-state index in [1.54, 1.807) is 12.3 Å². The van der Waals surface area contributed by atoms with Crippen molar-refractivity contribution in [2.75, 3.05) is 0 Å². The van der Waals surface area contributed by atoms with E-state index in [-0.39, 0.29) is 11.9 Å². The highest BCUT2D eigenvalue weighted by molar-refractivity contribution is 9.10. The molecule has 1 unspecified atom stereocenters. The first-order chi connectivity index (χ1) is 8.67. The molecule has 18 heavy (non-hydrogen) atoms. The Balaban J connectivity index is 2.48. The van der Waals surface area contributed by atoms with Crippen LogP contribution in [0.5, 0.6) is 0 Å². The fourth-order valence-corrected chi connectivity index (χ4v) is 2.46. The van der Waals surface area contributed by atoms with Gasteiger partial charge in [-0.3, -0.25) is 10.5 Å². The quantitative estimate of drug-likeness (QED) is 0.673. The normalized spacial score (nSPS) is 12.7. The monoisotopic (exact) mass is 312 g/mol. The van der Waals surface area contributed by atoms with E-state index in [1.807, 2.05) is 17.7 Å². The van der Waals surface area contributed by atoms with E-state index in [4.69, 9.17) is 5.84 Å². The van der Waals surface area contributed by atoms with Crippen LogP contribution in [0.2, 0.25) is 0 Å². The van der Waals surface area contributed by atoms with E-state index in [0.717, 1.165) is 15.7 Å². The molecule has 0 bridgehead atoms. The van der Waals surface area contributed by atoms with Crippen molar-refractivity contribution in [3.8, 4) is 0 Å². The van der Waals surface area contributed by atoms with E-state index in [9.17, 15) is 4.39 Å². The SMILES string of the molecule is CCn1ncc(Br)c1C(NN)c1cccc(F)c1. The Labute approximate surface area is 113 Å². The van der Waals surface area contributed by atoms with Crippen molar-refractivity contribution in [2.45, 2.75) is 19.5 Å². The van der Waals surface area contributed by atoms with Gasteiger partial charge >= 0.3 is 0 Å². The third-order valence-electron chi connectivity index (χ3n) is 2.75. The highest BCUT2D eigenvalue weighted by Gasteiger charge is 2.20. The number of aryl methyl sites for hydroxylation is 1. The van der Waals surface area contributed by atoms with Gasteiger partial charge in [-0.05, 0) is 40.5 Å². The van der Waals surface area contributed by atoms with Crippen LogP contribution in [0.4, 0.5) is 4.39 Å². The van der Waals surface area contributed by atoms with Gasteiger partial charge in [-0.25, -0.2) is 9.82 Å². The summed E-state index contributed by atoms with van der Waals surface area (Å²) in [7, 11) is 0. The van der Waals surface area contributed by atoms with E-state index < -0.39 is 0 Å². The Kier molecular flexibility index (Phi) is 4.11. The maximum absolute atomic E-state index is 13.3. The topological polar surface area (TPSA) is 55.9 Å². The Morgan fingerprint density at radius 3 is 2.94 bits per heavy atom. The number of nitrogens with one attached hydrogen (secondary N) is 1. The Hall–Kier alpha value is -1.24. The standard InChI is InChI=1S/C12H14BrFN4/c1-2-18-12(10(13)7-16-18)11(17-15)8-4-3-5-9(14)6-8/h3-7,11,17H,2,15H2,1H3. The molecule has 2 rings (SSSR count). The molecule has 3 N–H and O–H groups in total. The van der Waals surface area contributed by atoms with Crippen LogP contribution < -0.4 is 11.3 Å². The highest BCUT2D eigenvalue weighted by atomic mass is 79.9. The summed E-state index contributed by atoms with van der Waals surface area (Å²) in [6, 6.07) is 6.05. The largest absolute Gasteiger partial charge is 0.271 e. The van der Waals surface area contributed by atoms with Gasteiger partial charge in [0.15, 0.2) is 0 Å². The second kappa shape index (κ2) is 5.60. The summed E-state index contributed by atoms with van der Waals surface area (Å²) in [4.78, 5) is 0. The zero-order chi connectivity index (χ0) is 13.1. The Bertz CT molecular complexity index is 541.